The molecule has 2 rings (SSSR count). The molecule has 0 aliphatic carbocycles. The molecular weight excluding hydrogens is 288 g/mol. The first-order chi connectivity index (χ1) is 8.06. The highest BCUT2D eigenvalue weighted by molar-refractivity contribution is 9.10. The van der Waals surface area contributed by atoms with E-state index in [1.807, 2.05) is 0 Å². The fourth-order valence-electron chi connectivity index (χ4n) is 1.46. The third kappa shape index (κ3) is 2.62. The molecule has 1 heterocycles. The SMILES string of the molecule is Nc1ccc(Cn2cc(Br)cn2)cc1[N+](=O)[O-]. The van der Waals surface area contributed by atoms with Crippen molar-refractivity contribution in [1.29, 1.82) is 0 Å². The van der Waals surface area contributed by atoms with Crippen molar-refractivity contribution in [3.63, 3.8) is 0 Å². The number of hydrogen-bond donors (Lipinski definition) is 1. The van der Waals surface area contributed by atoms with E-state index in [0.29, 0.717) is 6.54 Å². The van der Waals surface area contributed by atoms with Crippen LogP contribution in [0.25, 0.3) is 0 Å². The van der Waals surface area contributed by atoms with E-state index in [2.05, 4.69) is 21.0 Å². The standard InChI is InChI=1S/C10H9BrN4O2/c11-8-4-13-14(6-8)5-7-1-2-9(12)10(3-7)15(16)17/h1-4,6H,5,12H2. The zero-order valence-corrected chi connectivity index (χ0v) is 10.3. The quantitative estimate of drug-likeness (QED) is 0.534. The van der Waals surface area contributed by atoms with Crippen LogP contribution in [0.3, 0.4) is 0 Å². The lowest BCUT2D eigenvalue weighted by atomic mass is 10.2. The highest BCUT2D eigenvalue weighted by Gasteiger charge is 2.12. The van der Waals surface area contributed by atoms with Gasteiger partial charge in [-0.3, -0.25) is 14.8 Å². The molecule has 7 heteroatoms. The van der Waals surface area contributed by atoms with Crippen LogP contribution in [-0.2, 0) is 6.54 Å². The molecule has 0 spiro atoms. The van der Waals surface area contributed by atoms with Crippen molar-refractivity contribution in [2.45, 2.75) is 6.54 Å². The minimum absolute atomic E-state index is 0.0753. The third-order valence-electron chi connectivity index (χ3n) is 2.24. The van der Waals surface area contributed by atoms with E-state index in [0.717, 1.165) is 10.0 Å². The molecule has 2 N–H and O–H groups in total. The van der Waals surface area contributed by atoms with E-state index < -0.39 is 4.92 Å². The molecule has 0 fully saturated rings. The number of nitrogens with two attached hydrogens (primary N) is 1. The highest BCUT2D eigenvalue weighted by Crippen LogP contribution is 2.22. The monoisotopic (exact) mass is 296 g/mol. The van der Waals surface area contributed by atoms with Crippen LogP contribution in [0.1, 0.15) is 5.56 Å². The van der Waals surface area contributed by atoms with Crippen LogP contribution in [0.5, 0.6) is 0 Å². The molecular formula is C10H9BrN4O2. The van der Waals surface area contributed by atoms with Gasteiger partial charge in [0, 0.05) is 12.3 Å². The number of hydrogen-bond acceptors (Lipinski definition) is 4. The topological polar surface area (TPSA) is 87.0 Å². The number of halogens is 1. The van der Waals surface area contributed by atoms with Gasteiger partial charge in [-0.15, -0.1) is 0 Å². The normalized spacial score (nSPS) is 10.4. The largest absolute Gasteiger partial charge is 0.393 e. The molecule has 17 heavy (non-hydrogen) atoms. The Labute approximate surface area is 105 Å². The Balaban J connectivity index is 2.28. The van der Waals surface area contributed by atoms with Gasteiger partial charge >= 0.3 is 0 Å². The smallest absolute Gasteiger partial charge is 0.292 e. The van der Waals surface area contributed by atoms with Crippen molar-refractivity contribution in [1.82, 2.24) is 9.78 Å². The van der Waals surface area contributed by atoms with E-state index in [-0.39, 0.29) is 11.4 Å². The summed E-state index contributed by atoms with van der Waals surface area (Å²) < 4.78 is 2.54. The molecule has 0 saturated carbocycles. The van der Waals surface area contributed by atoms with E-state index in [1.54, 1.807) is 23.1 Å². The van der Waals surface area contributed by atoms with Crippen molar-refractivity contribution in [3.05, 3.63) is 50.7 Å². The van der Waals surface area contributed by atoms with Gasteiger partial charge in [0.25, 0.3) is 5.69 Å². The Morgan fingerprint density at radius 3 is 2.88 bits per heavy atom. The molecule has 6 nitrogen and oxygen atoms in total. The average molecular weight is 297 g/mol. The van der Waals surface area contributed by atoms with Crippen molar-refractivity contribution < 1.29 is 4.92 Å². The van der Waals surface area contributed by atoms with Crippen LogP contribution in [0, 0.1) is 10.1 Å². The maximum Gasteiger partial charge on any atom is 0.292 e. The molecule has 0 amide bonds. The van der Waals surface area contributed by atoms with Gasteiger partial charge in [0.05, 0.1) is 22.1 Å². The van der Waals surface area contributed by atoms with Gasteiger partial charge < -0.3 is 5.73 Å². The second-order valence-electron chi connectivity index (χ2n) is 3.51. The molecule has 0 radical (unpaired) electrons. The van der Waals surface area contributed by atoms with Crippen molar-refractivity contribution >= 4 is 27.3 Å². The first-order valence-corrected chi connectivity index (χ1v) is 5.56. The minimum Gasteiger partial charge on any atom is -0.393 e. The van der Waals surface area contributed by atoms with Gasteiger partial charge in [0.2, 0.25) is 0 Å². The summed E-state index contributed by atoms with van der Waals surface area (Å²) in [5.41, 5.74) is 6.39. The van der Waals surface area contributed by atoms with Crippen LogP contribution < -0.4 is 5.73 Å². The Bertz CT molecular complexity index is 567. The zero-order valence-electron chi connectivity index (χ0n) is 8.71. The summed E-state index contributed by atoms with van der Waals surface area (Å²) in [6.07, 6.45) is 3.45. The van der Waals surface area contributed by atoms with Gasteiger partial charge in [-0.2, -0.15) is 5.10 Å². The first kappa shape index (κ1) is 11.6. The molecule has 0 atom stereocenters. The van der Waals surface area contributed by atoms with E-state index in [1.165, 1.54) is 12.1 Å². The second kappa shape index (κ2) is 4.54. The van der Waals surface area contributed by atoms with Gasteiger partial charge in [-0.1, -0.05) is 6.07 Å². The summed E-state index contributed by atoms with van der Waals surface area (Å²) in [5.74, 6) is 0. The predicted octanol–water partition coefficient (Wildman–Crippen LogP) is 2.18. The molecule has 2 aromatic rings. The minimum atomic E-state index is -0.488. The molecule has 0 saturated heterocycles. The van der Waals surface area contributed by atoms with Crippen molar-refractivity contribution in [2.75, 3.05) is 5.73 Å². The molecule has 0 aliphatic heterocycles. The summed E-state index contributed by atoms with van der Waals surface area (Å²) in [4.78, 5) is 10.2. The number of nitrogens with zero attached hydrogens (tertiary/aromatic N) is 3. The van der Waals surface area contributed by atoms with Gasteiger partial charge in [-0.05, 0) is 27.6 Å². The van der Waals surface area contributed by atoms with Gasteiger partial charge in [0.1, 0.15) is 5.69 Å². The Hall–Kier alpha value is -1.89. The second-order valence-corrected chi connectivity index (χ2v) is 4.42. The van der Waals surface area contributed by atoms with Crippen LogP contribution in [0.2, 0.25) is 0 Å². The number of nitro groups is 1. The van der Waals surface area contributed by atoms with Crippen molar-refractivity contribution in [3.8, 4) is 0 Å². The molecule has 0 bridgehead atoms. The predicted molar refractivity (Wildman–Crippen MR) is 66.5 cm³/mol. The lowest BCUT2D eigenvalue weighted by Crippen LogP contribution is -2.02. The van der Waals surface area contributed by atoms with Gasteiger partial charge in [0.15, 0.2) is 0 Å². The first-order valence-electron chi connectivity index (χ1n) is 4.77. The Kier molecular flexibility index (Phi) is 3.10. The number of nitrogen functional groups attached to an aromatic ring is 1. The Morgan fingerprint density at radius 2 is 2.29 bits per heavy atom. The summed E-state index contributed by atoms with van der Waals surface area (Å²) >= 11 is 3.28. The van der Waals surface area contributed by atoms with Gasteiger partial charge in [-0.25, -0.2) is 0 Å². The molecule has 0 aliphatic rings. The van der Waals surface area contributed by atoms with Crippen LogP contribution in [0.4, 0.5) is 11.4 Å². The average Bonchev–Trinajstić information content (AvgIpc) is 2.66. The Morgan fingerprint density at radius 1 is 1.53 bits per heavy atom. The van der Waals surface area contributed by atoms with E-state index in [9.17, 15) is 10.1 Å². The lowest BCUT2D eigenvalue weighted by Gasteiger charge is -2.03. The number of anilines is 1. The van der Waals surface area contributed by atoms with Crippen LogP contribution >= 0.6 is 15.9 Å². The van der Waals surface area contributed by atoms with Crippen LogP contribution in [-0.4, -0.2) is 14.7 Å². The molecule has 88 valence electrons. The highest BCUT2D eigenvalue weighted by atomic mass is 79.9. The zero-order chi connectivity index (χ0) is 12.4. The summed E-state index contributed by atoms with van der Waals surface area (Å²) in [7, 11) is 0. The number of aromatic nitrogens is 2. The fraction of sp³-hybridized carbons (Fsp3) is 0.100. The van der Waals surface area contributed by atoms with E-state index >= 15 is 0 Å². The number of nitro benzene ring substituents is 1. The van der Waals surface area contributed by atoms with Crippen molar-refractivity contribution in [2.24, 2.45) is 0 Å². The maximum absolute atomic E-state index is 10.7. The summed E-state index contributed by atoms with van der Waals surface area (Å²) in [5, 5.41) is 14.8. The summed E-state index contributed by atoms with van der Waals surface area (Å²) in [6.45, 7) is 0.465. The fourth-order valence-corrected chi connectivity index (χ4v) is 1.79. The summed E-state index contributed by atoms with van der Waals surface area (Å²) in [6, 6.07) is 4.74. The van der Waals surface area contributed by atoms with E-state index in [4.69, 9.17) is 5.73 Å². The molecule has 1 aromatic carbocycles. The molecule has 0 unspecified atom stereocenters. The maximum atomic E-state index is 10.7. The van der Waals surface area contributed by atoms with Crippen LogP contribution in [0.15, 0.2) is 35.1 Å². The molecule has 1 aromatic heterocycles. The third-order valence-corrected chi connectivity index (χ3v) is 2.65. The lowest BCUT2D eigenvalue weighted by molar-refractivity contribution is -0.384. The number of benzene rings is 1. The number of rotatable bonds is 3.